The first-order valence-corrected chi connectivity index (χ1v) is 19.6. The third kappa shape index (κ3) is 17.1. The SMILES string of the molecule is CC1CN(C)CCOCCN(C)CCOC(C)CN(C)CCOC(Cc2ccc(CN3CCN(S(C)(=O)=O)CC3)cc2)CN(C)CCO1. The summed E-state index contributed by atoms with van der Waals surface area (Å²) in [6, 6.07) is 8.83. The van der Waals surface area contributed by atoms with Crippen LogP contribution in [0.2, 0.25) is 0 Å². The highest BCUT2D eigenvalue weighted by atomic mass is 32.2. The molecule has 0 aromatic heterocycles. The molecule has 278 valence electrons. The Kier molecular flexibility index (Phi) is 18.8. The molecular weight excluding hydrogens is 632 g/mol. The summed E-state index contributed by atoms with van der Waals surface area (Å²) in [4.78, 5) is 11.5. The normalized spacial score (nSPS) is 27.4. The molecule has 3 atom stereocenters. The van der Waals surface area contributed by atoms with Crippen LogP contribution in [0.25, 0.3) is 0 Å². The molecule has 0 N–H and O–H groups in total. The Morgan fingerprint density at radius 3 is 1.62 bits per heavy atom. The molecule has 2 saturated heterocycles. The number of hydrogen-bond acceptors (Lipinski definition) is 11. The van der Waals surface area contributed by atoms with Crippen LogP contribution in [-0.2, 0) is 41.9 Å². The number of benzene rings is 1. The second kappa shape index (κ2) is 21.9. The summed E-state index contributed by atoms with van der Waals surface area (Å²) in [6.07, 6.45) is 2.47. The first-order chi connectivity index (χ1) is 22.9. The Hall–Kier alpha value is -1.23. The lowest BCUT2D eigenvalue weighted by atomic mass is 10.0. The fourth-order valence-corrected chi connectivity index (χ4v) is 6.98. The Morgan fingerprint density at radius 1 is 0.604 bits per heavy atom. The van der Waals surface area contributed by atoms with Crippen molar-refractivity contribution in [3.8, 4) is 0 Å². The summed E-state index contributed by atoms with van der Waals surface area (Å²) in [6.45, 7) is 18.1. The second-order valence-electron chi connectivity index (χ2n) is 14.0. The van der Waals surface area contributed by atoms with Gasteiger partial charge >= 0.3 is 0 Å². The molecule has 2 aliphatic rings. The molecule has 48 heavy (non-hydrogen) atoms. The summed E-state index contributed by atoms with van der Waals surface area (Å²) in [5.41, 5.74) is 2.50. The van der Waals surface area contributed by atoms with Crippen molar-refractivity contribution in [1.82, 2.24) is 28.8 Å². The number of sulfonamides is 1. The first-order valence-electron chi connectivity index (χ1n) is 17.8. The molecular formula is C35H66N6O6S. The highest BCUT2D eigenvalue weighted by Gasteiger charge is 2.23. The van der Waals surface area contributed by atoms with Gasteiger partial charge in [0.05, 0.1) is 57.6 Å². The van der Waals surface area contributed by atoms with E-state index in [9.17, 15) is 8.42 Å². The summed E-state index contributed by atoms with van der Waals surface area (Å²) < 4.78 is 50.0. The summed E-state index contributed by atoms with van der Waals surface area (Å²) in [5, 5.41) is 0. The van der Waals surface area contributed by atoms with Crippen LogP contribution in [0.1, 0.15) is 25.0 Å². The minimum atomic E-state index is -3.12. The fourth-order valence-electron chi connectivity index (χ4n) is 6.15. The number of likely N-dealkylation sites (N-methyl/N-ethyl adjacent to an activating group) is 4. The predicted molar refractivity (Wildman–Crippen MR) is 193 cm³/mol. The molecule has 2 fully saturated rings. The van der Waals surface area contributed by atoms with E-state index in [2.05, 4.69) is 90.8 Å². The molecule has 2 heterocycles. The van der Waals surface area contributed by atoms with Crippen molar-refractivity contribution in [3.63, 3.8) is 0 Å². The van der Waals surface area contributed by atoms with Gasteiger partial charge in [0.25, 0.3) is 0 Å². The van der Waals surface area contributed by atoms with Gasteiger partial charge in [0, 0.05) is 85.1 Å². The van der Waals surface area contributed by atoms with Gasteiger partial charge in [0.15, 0.2) is 0 Å². The third-order valence-corrected chi connectivity index (χ3v) is 10.5. The molecule has 2 aliphatic heterocycles. The summed E-state index contributed by atoms with van der Waals surface area (Å²) in [7, 11) is 5.40. The van der Waals surface area contributed by atoms with Gasteiger partial charge < -0.3 is 38.5 Å². The highest BCUT2D eigenvalue weighted by molar-refractivity contribution is 7.88. The summed E-state index contributed by atoms with van der Waals surface area (Å²) in [5.74, 6) is 0. The van der Waals surface area contributed by atoms with Crippen molar-refractivity contribution in [1.29, 1.82) is 0 Å². The standard InChI is InChI=1S/C35H66N6O6S/c1-31-27-37(4)17-22-44-21-16-36(3)18-23-45-32(2)28-38(5)20-25-47-35(30-39(6)19-24-46-31)26-33-8-10-34(11-9-33)29-40-12-14-41(15-13-40)48(7,42)43/h8-11,31-32,35H,12-30H2,1-7H3. The maximum absolute atomic E-state index is 11.9. The molecule has 3 rings (SSSR count). The van der Waals surface area contributed by atoms with Crippen molar-refractivity contribution < 1.29 is 27.4 Å². The Balaban J connectivity index is 1.55. The quantitative estimate of drug-likeness (QED) is 0.446. The van der Waals surface area contributed by atoms with Crippen molar-refractivity contribution >= 4 is 10.0 Å². The highest BCUT2D eigenvalue weighted by Crippen LogP contribution is 2.14. The van der Waals surface area contributed by atoms with E-state index in [1.165, 1.54) is 17.4 Å². The first kappa shape index (κ1) is 41.2. The summed E-state index contributed by atoms with van der Waals surface area (Å²) >= 11 is 0. The zero-order chi connectivity index (χ0) is 34.9. The molecule has 0 spiro atoms. The lowest BCUT2D eigenvalue weighted by Gasteiger charge is -2.33. The number of rotatable bonds is 5. The molecule has 1 aromatic rings. The van der Waals surface area contributed by atoms with Crippen molar-refractivity contribution in [2.45, 2.75) is 45.1 Å². The van der Waals surface area contributed by atoms with Gasteiger partial charge in [-0.15, -0.1) is 0 Å². The van der Waals surface area contributed by atoms with Crippen LogP contribution >= 0.6 is 0 Å². The number of ether oxygens (including phenoxy) is 4. The topological polar surface area (TPSA) is 90.5 Å². The lowest BCUT2D eigenvalue weighted by Crippen LogP contribution is -2.47. The molecule has 0 saturated carbocycles. The molecule has 1 aromatic carbocycles. The van der Waals surface area contributed by atoms with Crippen molar-refractivity contribution in [2.24, 2.45) is 0 Å². The maximum Gasteiger partial charge on any atom is 0.211 e. The fraction of sp³-hybridized carbons (Fsp3) is 0.829. The van der Waals surface area contributed by atoms with Gasteiger partial charge in [-0.1, -0.05) is 24.3 Å². The Bertz CT molecular complexity index is 1110. The van der Waals surface area contributed by atoms with Crippen LogP contribution in [0, 0.1) is 0 Å². The minimum Gasteiger partial charge on any atom is -0.379 e. The van der Waals surface area contributed by atoms with E-state index in [4.69, 9.17) is 18.9 Å². The largest absolute Gasteiger partial charge is 0.379 e. The molecule has 3 unspecified atom stereocenters. The van der Waals surface area contributed by atoms with Crippen molar-refractivity contribution in [3.05, 3.63) is 35.4 Å². The minimum absolute atomic E-state index is 0.0524. The number of nitrogens with zero attached hydrogens (tertiary/aromatic N) is 6. The smallest absolute Gasteiger partial charge is 0.211 e. The molecule has 0 bridgehead atoms. The van der Waals surface area contributed by atoms with E-state index in [0.29, 0.717) is 39.5 Å². The van der Waals surface area contributed by atoms with Crippen LogP contribution in [0.5, 0.6) is 0 Å². The van der Waals surface area contributed by atoms with Crippen LogP contribution in [0.4, 0.5) is 0 Å². The monoisotopic (exact) mass is 698 g/mol. The second-order valence-corrected chi connectivity index (χ2v) is 16.0. The van der Waals surface area contributed by atoms with Gasteiger partial charge in [-0.3, -0.25) is 4.90 Å². The van der Waals surface area contributed by atoms with Gasteiger partial charge in [0.1, 0.15) is 0 Å². The zero-order valence-electron chi connectivity index (χ0n) is 31.0. The van der Waals surface area contributed by atoms with Gasteiger partial charge in [-0.2, -0.15) is 4.31 Å². The third-order valence-electron chi connectivity index (χ3n) is 9.16. The Labute approximate surface area is 292 Å². The van der Waals surface area contributed by atoms with E-state index >= 15 is 0 Å². The predicted octanol–water partition coefficient (Wildman–Crippen LogP) is 1.26. The van der Waals surface area contributed by atoms with E-state index in [1.54, 1.807) is 4.31 Å². The van der Waals surface area contributed by atoms with Crippen molar-refractivity contribution in [2.75, 3.05) is 146 Å². The molecule has 0 aliphatic carbocycles. The van der Waals surface area contributed by atoms with E-state index < -0.39 is 10.0 Å². The average molecular weight is 699 g/mol. The van der Waals surface area contributed by atoms with Crippen LogP contribution in [-0.4, -0.2) is 202 Å². The number of piperazine rings is 1. The molecule has 13 heteroatoms. The van der Waals surface area contributed by atoms with Crippen LogP contribution in [0.15, 0.2) is 24.3 Å². The Morgan fingerprint density at radius 2 is 1.06 bits per heavy atom. The van der Waals surface area contributed by atoms with Gasteiger partial charge in [-0.25, -0.2) is 8.42 Å². The van der Waals surface area contributed by atoms with E-state index in [-0.39, 0.29) is 18.3 Å². The van der Waals surface area contributed by atoms with Crippen LogP contribution in [0.3, 0.4) is 0 Å². The zero-order valence-corrected chi connectivity index (χ0v) is 31.8. The van der Waals surface area contributed by atoms with Crippen LogP contribution < -0.4 is 0 Å². The average Bonchev–Trinajstić information content (AvgIpc) is 3.01. The van der Waals surface area contributed by atoms with E-state index in [1.807, 2.05) is 0 Å². The molecule has 0 amide bonds. The van der Waals surface area contributed by atoms with E-state index in [0.717, 1.165) is 85.0 Å². The number of hydrogen-bond donors (Lipinski definition) is 0. The molecule has 0 radical (unpaired) electrons. The van der Waals surface area contributed by atoms with Gasteiger partial charge in [-0.05, 0) is 59.6 Å². The van der Waals surface area contributed by atoms with Gasteiger partial charge in [0.2, 0.25) is 10.0 Å². The lowest BCUT2D eigenvalue weighted by molar-refractivity contribution is -0.00562. The molecule has 12 nitrogen and oxygen atoms in total. The maximum atomic E-state index is 11.9.